The van der Waals surface area contributed by atoms with Gasteiger partial charge in [0.25, 0.3) is 0 Å². The fourth-order valence-electron chi connectivity index (χ4n) is 2.79. The minimum Gasteiger partial charge on any atom is -0.465 e. The summed E-state index contributed by atoms with van der Waals surface area (Å²) in [5.41, 5.74) is 1.01. The Morgan fingerprint density at radius 3 is 2.54 bits per heavy atom. The molecule has 6 heteroatoms. The van der Waals surface area contributed by atoms with E-state index in [-0.39, 0.29) is 11.2 Å². The van der Waals surface area contributed by atoms with Crippen molar-refractivity contribution in [2.24, 2.45) is 0 Å². The first-order valence-electron chi connectivity index (χ1n) is 9.49. The largest absolute Gasteiger partial charge is 0.465 e. The summed E-state index contributed by atoms with van der Waals surface area (Å²) in [6.45, 7) is 2.30. The predicted molar refractivity (Wildman–Crippen MR) is 117 cm³/mol. The number of nitrogens with zero attached hydrogens (tertiary/aromatic N) is 1. The van der Waals surface area contributed by atoms with Gasteiger partial charge < -0.3 is 4.74 Å². The number of halogens is 1. The highest BCUT2D eigenvalue weighted by Crippen LogP contribution is 2.34. The Bertz CT molecular complexity index is 629. The summed E-state index contributed by atoms with van der Waals surface area (Å²) in [5, 5.41) is 0.959. The predicted octanol–water partition coefficient (Wildman–Crippen LogP) is 6.84. The Morgan fingerprint density at radius 2 is 1.85 bits per heavy atom. The smallest absolute Gasteiger partial charge is 0.319 e. The van der Waals surface area contributed by atoms with Gasteiger partial charge in [0.15, 0.2) is 4.34 Å². The van der Waals surface area contributed by atoms with Crippen molar-refractivity contribution >= 4 is 55.2 Å². The lowest BCUT2D eigenvalue weighted by molar-refractivity contribution is -0.142. The molecule has 0 bridgehead atoms. The molecule has 1 aromatic heterocycles. The van der Waals surface area contributed by atoms with E-state index in [2.05, 4.69) is 27.0 Å². The van der Waals surface area contributed by atoms with Crippen LogP contribution in [0.25, 0.3) is 10.2 Å². The number of rotatable bonds is 13. The average Bonchev–Trinajstić information content (AvgIpc) is 3.05. The highest BCUT2D eigenvalue weighted by molar-refractivity contribution is 9.09. The summed E-state index contributed by atoms with van der Waals surface area (Å²) in [7, 11) is 0. The third kappa shape index (κ3) is 7.57. The molecule has 0 saturated heterocycles. The van der Waals surface area contributed by atoms with Gasteiger partial charge in [0.2, 0.25) is 0 Å². The molecular formula is C20H28BrNO2S2. The first-order valence-corrected chi connectivity index (χ1v) is 12.3. The number of para-hydroxylation sites is 1. The SMILES string of the molecule is CCOC(=O)C(CCCCCCCCCBr)Sc1nc2ccccc2s1. The number of thioether (sulfide) groups is 1. The first-order chi connectivity index (χ1) is 12.7. The van der Waals surface area contributed by atoms with Gasteiger partial charge in [-0.15, -0.1) is 11.3 Å². The van der Waals surface area contributed by atoms with Crippen molar-refractivity contribution in [1.29, 1.82) is 0 Å². The first kappa shape index (κ1) is 21.7. The van der Waals surface area contributed by atoms with Crippen LogP contribution in [-0.4, -0.2) is 28.1 Å². The minimum atomic E-state index is -0.149. The second-order valence-corrected chi connectivity index (χ2v) is 9.53. The molecule has 3 nitrogen and oxygen atoms in total. The summed E-state index contributed by atoms with van der Waals surface area (Å²) < 4.78 is 7.41. The molecule has 0 fully saturated rings. The van der Waals surface area contributed by atoms with Crippen LogP contribution < -0.4 is 0 Å². The quantitative estimate of drug-likeness (QED) is 0.143. The van der Waals surface area contributed by atoms with Crippen molar-refractivity contribution in [2.45, 2.75) is 67.9 Å². The second-order valence-electron chi connectivity index (χ2n) is 6.26. The molecule has 1 unspecified atom stereocenters. The van der Waals surface area contributed by atoms with Gasteiger partial charge in [-0.1, -0.05) is 78.3 Å². The Labute approximate surface area is 173 Å². The maximum absolute atomic E-state index is 12.3. The summed E-state index contributed by atoms with van der Waals surface area (Å²) >= 11 is 6.69. The van der Waals surface area contributed by atoms with Crippen molar-refractivity contribution < 1.29 is 9.53 Å². The minimum absolute atomic E-state index is 0.103. The molecule has 0 aliphatic rings. The van der Waals surface area contributed by atoms with E-state index < -0.39 is 0 Å². The number of esters is 1. The van der Waals surface area contributed by atoms with Crippen LogP contribution in [0.5, 0.6) is 0 Å². The topological polar surface area (TPSA) is 39.2 Å². The average molecular weight is 458 g/mol. The van der Waals surface area contributed by atoms with Crippen LogP contribution >= 0.6 is 39.0 Å². The number of alkyl halides is 1. The molecule has 0 spiro atoms. The lowest BCUT2D eigenvalue weighted by atomic mass is 10.1. The normalized spacial score (nSPS) is 12.4. The lowest BCUT2D eigenvalue weighted by Gasteiger charge is -2.13. The van der Waals surface area contributed by atoms with Crippen molar-refractivity contribution in [1.82, 2.24) is 4.98 Å². The molecule has 0 radical (unpaired) electrons. The van der Waals surface area contributed by atoms with Crippen LogP contribution in [0.2, 0.25) is 0 Å². The molecule has 1 aromatic carbocycles. The van der Waals surface area contributed by atoms with Gasteiger partial charge in [-0.2, -0.15) is 0 Å². The van der Waals surface area contributed by atoms with E-state index in [9.17, 15) is 4.79 Å². The molecule has 26 heavy (non-hydrogen) atoms. The van der Waals surface area contributed by atoms with E-state index in [1.165, 1.54) is 43.2 Å². The van der Waals surface area contributed by atoms with Gasteiger partial charge in [0.1, 0.15) is 5.25 Å². The van der Waals surface area contributed by atoms with Crippen LogP contribution in [0.1, 0.15) is 58.3 Å². The molecule has 0 amide bonds. The standard InChI is InChI=1S/C20H28BrNO2S2/c1-2-24-19(23)18(14-8-6-4-3-5-7-11-15-21)26-20-22-16-12-9-10-13-17(16)25-20/h9-10,12-13,18H,2-8,11,14-15H2,1H3. The van der Waals surface area contributed by atoms with Crippen molar-refractivity contribution in [3.63, 3.8) is 0 Å². The zero-order valence-electron chi connectivity index (χ0n) is 15.4. The number of fused-ring (bicyclic) bond motifs is 1. The highest BCUT2D eigenvalue weighted by Gasteiger charge is 2.22. The highest BCUT2D eigenvalue weighted by atomic mass is 79.9. The van der Waals surface area contributed by atoms with Gasteiger partial charge in [-0.25, -0.2) is 4.98 Å². The van der Waals surface area contributed by atoms with E-state index in [0.717, 1.165) is 28.0 Å². The van der Waals surface area contributed by atoms with E-state index in [4.69, 9.17) is 4.74 Å². The molecular weight excluding hydrogens is 430 g/mol. The number of aromatic nitrogens is 1. The van der Waals surface area contributed by atoms with Crippen molar-refractivity contribution in [3.05, 3.63) is 24.3 Å². The third-order valence-electron chi connectivity index (χ3n) is 4.17. The Kier molecular flexibility index (Phi) is 10.6. The Balaban J connectivity index is 1.80. The molecule has 1 atom stereocenters. The molecule has 144 valence electrons. The van der Waals surface area contributed by atoms with Crippen LogP contribution in [0.3, 0.4) is 0 Å². The van der Waals surface area contributed by atoms with Gasteiger partial charge in [0.05, 0.1) is 16.8 Å². The molecule has 2 aromatic rings. The van der Waals surface area contributed by atoms with Crippen LogP contribution in [0, 0.1) is 0 Å². The Hall–Kier alpha value is -0.590. The van der Waals surface area contributed by atoms with Gasteiger partial charge in [-0.3, -0.25) is 4.79 Å². The van der Waals surface area contributed by atoms with Crippen LogP contribution in [0.15, 0.2) is 28.6 Å². The molecule has 0 aliphatic carbocycles. The molecule has 0 N–H and O–H groups in total. The van der Waals surface area contributed by atoms with Crippen molar-refractivity contribution in [2.75, 3.05) is 11.9 Å². The van der Waals surface area contributed by atoms with E-state index in [1.54, 1.807) is 23.1 Å². The van der Waals surface area contributed by atoms with Crippen molar-refractivity contribution in [3.8, 4) is 0 Å². The summed E-state index contributed by atoms with van der Waals surface area (Å²) in [6.07, 6.45) is 9.55. The number of carbonyl (C=O) groups is 1. The fourth-order valence-corrected chi connectivity index (χ4v) is 5.54. The number of hydrogen-bond donors (Lipinski definition) is 0. The maximum Gasteiger partial charge on any atom is 0.319 e. The van der Waals surface area contributed by atoms with Gasteiger partial charge >= 0.3 is 5.97 Å². The van der Waals surface area contributed by atoms with Crippen LogP contribution in [-0.2, 0) is 9.53 Å². The second kappa shape index (κ2) is 12.7. The Morgan fingerprint density at radius 1 is 1.15 bits per heavy atom. The molecule has 1 heterocycles. The molecule has 2 rings (SSSR count). The number of carbonyl (C=O) groups excluding carboxylic acids is 1. The maximum atomic E-state index is 12.3. The number of ether oxygens (including phenoxy) is 1. The monoisotopic (exact) mass is 457 g/mol. The van der Waals surface area contributed by atoms with E-state index >= 15 is 0 Å². The lowest BCUT2D eigenvalue weighted by Crippen LogP contribution is -2.20. The molecule has 0 saturated carbocycles. The van der Waals surface area contributed by atoms with Crippen LogP contribution in [0.4, 0.5) is 0 Å². The summed E-state index contributed by atoms with van der Waals surface area (Å²) in [6, 6.07) is 8.11. The summed E-state index contributed by atoms with van der Waals surface area (Å²) in [4.78, 5) is 17.0. The zero-order valence-corrected chi connectivity index (χ0v) is 18.6. The molecule has 0 aliphatic heterocycles. The summed E-state index contributed by atoms with van der Waals surface area (Å²) in [5.74, 6) is -0.103. The van der Waals surface area contributed by atoms with E-state index in [1.807, 2.05) is 25.1 Å². The van der Waals surface area contributed by atoms with Gasteiger partial charge in [0, 0.05) is 5.33 Å². The number of unbranched alkanes of at least 4 members (excludes halogenated alkanes) is 6. The number of thiazole rings is 1. The van der Waals surface area contributed by atoms with Gasteiger partial charge in [-0.05, 0) is 31.9 Å². The third-order valence-corrected chi connectivity index (χ3v) is 7.10. The fraction of sp³-hybridized carbons (Fsp3) is 0.600. The zero-order chi connectivity index (χ0) is 18.6. The number of hydrogen-bond acceptors (Lipinski definition) is 5. The van der Waals surface area contributed by atoms with E-state index in [0.29, 0.717) is 6.61 Å². The number of benzene rings is 1.